The van der Waals surface area contributed by atoms with Crippen LogP contribution in [0.4, 0.5) is 18.9 Å². The highest BCUT2D eigenvalue weighted by Gasteiger charge is 2.44. The van der Waals surface area contributed by atoms with E-state index in [1.807, 2.05) is 0 Å². The Kier molecular flexibility index (Phi) is 10.5. The Bertz CT molecular complexity index is 2050. The summed E-state index contributed by atoms with van der Waals surface area (Å²) in [6.45, 7) is -0.208. The van der Waals surface area contributed by atoms with Crippen molar-refractivity contribution in [3.05, 3.63) is 107 Å². The van der Waals surface area contributed by atoms with Gasteiger partial charge in [0.05, 0.1) is 45.7 Å². The van der Waals surface area contributed by atoms with Gasteiger partial charge in [0.1, 0.15) is 22.1 Å². The molecule has 0 bridgehead atoms. The number of hydrogen-bond donors (Lipinski definition) is 0. The van der Waals surface area contributed by atoms with Crippen LogP contribution in [0, 0.1) is 0 Å². The van der Waals surface area contributed by atoms with Crippen molar-refractivity contribution in [2.45, 2.75) is 62.2 Å². The zero-order valence-corrected chi connectivity index (χ0v) is 29.2. The fourth-order valence-electron chi connectivity index (χ4n) is 6.54. The van der Waals surface area contributed by atoms with E-state index in [1.165, 1.54) is 37.1 Å². The number of methoxy groups -OCH3 is 3. The maximum atomic E-state index is 15.3. The number of aromatic nitrogens is 4. The lowest BCUT2D eigenvalue weighted by molar-refractivity contribution is -0.139. The summed E-state index contributed by atoms with van der Waals surface area (Å²) in [6, 6.07) is 22.2. The van der Waals surface area contributed by atoms with Gasteiger partial charge in [0.2, 0.25) is 0 Å². The van der Waals surface area contributed by atoms with Gasteiger partial charge in [-0.2, -0.15) is 13.2 Å². The number of sulfonamides is 1. The average Bonchev–Trinajstić information content (AvgIpc) is 3.61. The number of tetrazole rings is 1. The number of nitrogens with zero attached hydrogens (tertiary/aromatic N) is 5. The molecule has 5 aromatic rings. The summed E-state index contributed by atoms with van der Waals surface area (Å²) in [5.74, 6) is 1.34. The van der Waals surface area contributed by atoms with Crippen molar-refractivity contribution in [2.24, 2.45) is 0 Å². The molecular weight excluding hydrogens is 683 g/mol. The summed E-state index contributed by atoms with van der Waals surface area (Å²) >= 11 is 0. The van der Waals surface area contributed by atoms with E-state index in [9.17, 15) is 0 Å². The highest BCUT2D eigenvalue weighted by molar-refractivity contribution is 7.93. The Labute approximate surface area is 294 Å². The van der Waals surface area contributed by atoms with Crippen LogP contribution in [0.25, 0.3) is 11.4 Å². The highest BCUT2D eigenvalue weighted by atomic mass is 32.2. The standard InChI is InChI=1S/C37H38F3N5O5S/c1-48-29-15-9-25(10-16-29)23-44-36(41-42-43-44)34-32(27-7-5-4-6-8-27)21-22-33(37(38,39)40)35(34)51(46,47)45(28-13-19-31(50-3)20-14-28)24-26-11-17-30(49-2)18-12-26/h9-22,27H,4-8,23-24H2,1-3H3. The molecule has 268 valence electrons. The molecule has 1 aliphatic carbocycles. The Morgan fingerprint density at radius 2 is 1.31 bits per heavy atom. The van der Waals surface area contributed by atoms with E-state index in [4.69, 9.17) is 14.2 Å². The molecule has 0 atom stereocenters. The molecule has 0 spiro atoms. The van der Waals surface area contributed by atoms with Crippen molar-refractivity contribution in [2.75, 3.05) is 25.6 Å². The van der Waals surface area contributed by atoms with Crippen LogP contribution in [0.15, 0.2) is 89.8 Å². The monoisotopic (exact) mass is 721 g/mol. The molecule has 0 amide bonds. The van der Waals surface area contributed by atoms with Gasteiger partial charge in [-0.05, 0) is 100 Å². The molecule has 1 fully saturated rings. The zero-order valence-electron chi connectivity index (χ0n) is 28.4. The minimum atomic E-state index is -5.04. The molecule has 1 heterocycles. The van der Waals surface area contributed by atoms with Crippen molar-refractivity contribution in [3.8, 4) is 28.6 Å². The van der Waals surface area contributed by atoms with Gasteiger partial charge in [-0.3, -0.25) is 4.31 Å². The first-order valence-corrected chi connectivity index (χ1v) is 17.9. The molecule has 14 heteroatoms. The molecule has 0 N–H and O–H groups in total. The van der Waals surface area contributed by atoms with E-state index in [0.29, 0.717) is 41.2 Å². The van der Waals surface area contributed by atoms with E-state index >= 15 is 21.6 Å². The molecule has 0 radical (unpaired) electrons. The van der Waals surface area contributed by atoms with Gasteiger partial charge in [-0.15, -0.1) is 5.10 Å². The third-order valence-corrected chi connectivity index (χ3v) is 11.0. The topological polar surface area (TPSA) is 109 Å². The molecule has 0 unspecified atom stereocenters. The Hall–Kier alpha value is -5.11. The lowest BCUT2D eigenvalue weighted by atomic mass is 9.81. The lowest BCUT2D eigenvalue weighted by Crippen LogP contribution is -2.33. The maximum Gasteiger partial charge on any atom is 0.417 e. The first-order chi connectivity index (χ1) is 24.5. The molecule has 1 aromatic heterocycles. The smallest absolute Gasteiger partial charge is 0.417 e. The summed E-state index contributed by atoms with van der Waals surface area (Å²) in [4.78, 5) is -0.895. The van der Waals surface area contributed by atoms with Gasteiger partial charge in [0.15, 0.2) is 5.82 Å². The van der Waals surface area contributed by atoms with Crippen molar-refractivity contribution in [1.29, 1.82) is 0 Å². The molecule has 6 rings (SSSR count). The van der Waals surface area contributed by atoms with Gasteiger partial charge in [-0.1, -0.05) is 49.6 Å². The van der Waals surface area contributed by atoms with Gasteiger partial charge in [0, 0.05) is 5.56 Å². The van der Waals surface area contributed by atoms with E-state index in [2.05, 4.69) is 15.5 Å². The molecule has 1 aliphatic rings. The van der Waals surface area contributed by atoms with Crippen LogP contribution in [-0.4, -0.2) is 50.0 Å². The van der Waals surface area contributed by atoms with Gasteiger partial charge < -0.3 is 14.2 Å². The van der Waals surface area contributed by atoms with Crippen LogP contribution < -0.4 is 18.5 Å². The summed E-state index contributed by atoms with van der Waals surface area (Å²) in [6.07, 6.45) is -0.959. The fraction of sp³-hybridized carbons (Fsp3) is 0.324. The summed E-state index contributed by atoms with van der Waals surface area (Å²) in [5.41, 5.74) is 0.419. The third-order valence-electron chi connectivity index (χ3n) is 9.18. The maximum absolute atomic E-state index is 15.3. The van der Waals surface area contributed by atoms with E-state index in [0.717, 1.165) is 35.2 Å². The number of rotatable bonds is 12. The Morgan fingerprint density at radius 3 is 1.86 bits per heavy atom. The molecular formula is C37H38F3N5O5S. The van der Waals surface area contributed by atoms with Crippen LogP contribution in [0.3, 0.4) is 0 Å². The van der Waals surface area contributed by atoms with E-state index in [1.54, 1.807) is 67.8 Å². The predicted molar refractivity (Wildman–Crippen MR) is 186 cm³/mol. The summed E-state index contributed by atoms with van der Waals surface area (Å²) in [5, 5.41) is 12.2. The van der Waals surface area contributed by atoms with Crippen molar-refractivity contribution in [1.82, 2.24) is 20.2 Å². The van der Waals surface area contributed by atoms with Crippen LogP contribution in [0.5, 0.6) is 17.2 Å². The molecule has 0 aliphatic heterocycles. The van der Waals surface area contributed by atoms with Crippen LogP contribution >= 0.6 is 0 Å². The molecule has 4 aromatic carbocycles. The molecule has 51 heavy (non-hydrogen) atoms. The number of anilines is 1. The number of alkyl halides is 3. The normalized spacial score (nSPS) is 13.9. The fourth-order valence-corrected chi connectivity index (χ4v) is 8.41. The van der Waals surface area contributed by atoms with Crippen LogP contribution in [-0.2, 0) is 29.3 Å². The number of halogens is 3. The average molecular weight is 722 g/mol. The van der Waals surface area contributed by atoms with Gasteiger partial charge >= 0.3 is 6.18 Å². The molecule has 0 saturated heterocycles. The second-order valence-corrected chi connectivity index (χ2v) is 14.1. The minimum Gasteiger partial charge on any atom is -0.497 e. The number of ether oxygens (including phenoxy) is 3. The second kappa shape index (κ2) is 15.0. The SMILES string of the molecule is COc1ccc(CN(c2ccc(OC)cc2)S(=O)(=O)c2c(C(F)(F)F)ccc(C3CCCCC3)c2-c2nnnn2Cc2ccc(OC)cc2)cc1. The van der Waals surface area contributed by atoms with E-state index in [-0.39, 0.29) is 36.1 Å². The number of hydrogen-bond acceptors (Lipinski definition) is 8. The quantitative estimate of drug-likeness (QED) is 0.128. The van der Waals surface area contributed by atoms with Gasteiger partial charge in [-0.25, -0.2) is 13.1 Å². The first-order valence-electron chi connectivity index (χ1n) is 16.5. The van der Waals surface area contributed by atoms with Crippen molar-refractivity contribution < 1.29 is 35.8 Å². The minimum absolute atomic E-state index is 0.0697. The predicted octanol–water partition coefficient (Wildman–Crippen LogP) is 7.88. The zero-order chi connectivity index (χ0) is 36.2. The number of benzene rings is 4. The van der Waals surface area contributed by atoms with E-state index < -0.39 is 26.7 Å². The lowest BCUT2D eigenvalue weighted by Gasteiger charge is -2.30. The van der Waals surface area contributed by atoms with Crippen LogP contribution in [0.1, 0.15) is 60.3 Å². The Morgan fingerprint density at radius 1 is 0.765 bits per heavy atom. The second-order valence-electron chi connectivity index (χ2n) is 12.3. The third kappa shape index (κ3) is 7.65. The highest BCUT2D eigenvalue weighted by Crippen LogP contribution is 2.47. The van der Waals surface area contributed by atoms with Crippen LogP contribution in [0.2, 0.25) is 0 Å². The van der Waals surface area contributed by atoms with Crippen molar-refractivity contribution >= 4 is 15.7 Å². The first kappa shape index (κ1) is 35.7. The van der Waals surface area contributed by atoms with Gasteiger partial charge in [0.25, 0.3) is 10.0 Å². The molecule has 1 saturated carbocycles. The van der Waals surface area contributed by atoms with Crippen molar-refractivity contribution in [3.63, 3.8) is 0 Å². The Balaban J connectivity index is 1.60. The largest absolute Gasteiger partial charge is 0.497 e. The summed E-state index contributed by atoms with van der Waals surface area (Å²) in [7, 11) is -0.487. The molecule has 10 nitrogen and oxygen atoms in total. The summed E-state index contributed by atoms with van der Waals surface area (Å²) < 4.78 is 94.2.